The van der Waals surface area contributed by atoms with Crippen LogP contribution in [0.2, 0.25) is 0 Å². The monoisotopic (exact) mass is 782 g/mol. The van der Waals surface area contributed by atoms with Gasteiger partial charge in [0, 0.05) is 39.3 Å². The number of nitrogens with two attached hydrogens (primary N) is 2. The molecule has 0 spiro atoms. The average Bonchev–Trinajstić information content (AvgIpc) is 3.20. The van der Waals surface area contributed by atoms with Crippen LogP contribution < -0.4 is 11.5 Å². The Morgan fingerprint density at radius 3 is 1.30 bits per heavy atom. The van der Waals surface area contributed by atoms with Gasteiger partial charge in [-0.05, 0) is 35.8 Å². The van der Waals surface area contributed by atoms with Crippen molar-refractivity contribution >= 4 is 24.0 Å². The average molecular weight is 783 g/mol. The molecule has 2 aromatic rings. The van der Waals surface area contributed by atoms with Crippen molar-refractivity contribution in [2.45, 2.75) is 70.8 Å². The van der Waals surface area contributed by atoms with E-state index in [1.165, 1.54) is 0 Å². The molecule has 2 fully saturated rings. The Morgan fingerprint density at radius 1 is 0.643 bits per heavy atom. The van der Waals surface area contributed by atoms with E-state index >= 15 is 0 Å². The van der Waals surface area contributed by atoms with E-state index in [1.807, 2.05) is 12.1 Å². The second-order valence-corrected chi connectivity index (χ2v) is 15.1. The van der Waals surface area contributed by atoms with Crippen molar-refractivity contribution in [1.29, 1.82) is 0 Å². The minimum Gasteiger partial charge on any atom is -0.448 e. The molecule has 310 valence electrons. The predicted octanol–water partition coefficient (Wildman–Crippen LogP) is 2.13. The quantitative estimate of drug-likeness (QED) is 0.200. The zero-order chi connectivity index (χ0) is 40.6. The molecule has 0 saturated carbocycles. The summed E-state index contributed by atoms with van der Waals surface area (Å²) in [4.78, 5) is 63.2. The highest BCUT2D eigenvalue weighted by Gasteiger charge is 2.46. The van der Waals surface area contributed by atoms with Crippen molar-refractivity contribution in [3.05, 3.63) is 71.8 Å². The van der Waals surface area contributed by atoms with Gasteiger partial charge in [-0.3, -0.25) is 19.4 Å². The highest BCUT2D eigenvalue weighted by molar-refractivity contribution is 5.96. The number of rotatable bonds is 18. The first-order chi connectivity index (χ1) is 26.9. The topological polar surface area (TPSA) is 190 Å². The summed E-state index contributed by atoms with van der Waals surface area (Å²) in [5.74, 6) is -2.30. The summed E-state index contributed by atoms with van der Waals surface area (Å²) in [5, 5.41) is 12.8. The van der Waals surface area contributed by atoms with Crippen LogP contribution in [0.5, 0.6) is 0 Å². The number of nitrogens with zero attached hydrogens (tertiary/aromatic N) is 4. The molecule has 15 nitrogen and oxygen atoms in total. The third-order valence-corrected chi connectivity index (χ3v) is 10.4. The molecule has 2 aliphatic heterocycles. The zero-order valence-electron chi connectivity index (χ0n) is 33.4. The molecule has 2 aromatic carbocycles. The van der Waals surface area contributed by atoms with Crippen molar-refractivity contribution < 1.29 is 43.2 Å². The van der Waals surface area contributed by atoms with Crippen molar-refractivity contribution in [2.75, 3.05) is 78.9 Å². The van der Waals surface area contributed by atoms with Crippen LogP contribution in [0.25, 0.3) is 0 Å². The summed E-state index contributed by atoms with van der Waals surface area (Å²) in [6.07, 6.45) is -3.81. The molecule has 0 aromatic heterocycles. The smallest absolute Gasteiger partial charge is 0.416 e. The number of hydrogen-bond donors (Lipinski definition) is 3. The summed E-state index contributed by atoms with van der Waals surface area (Å²) in [6.45, 7) is 12.7. The fourth-order valence-electron chi connectivity index (χ4n) is 6.68. The van der Waals surface area contributed by atoms with Crippen molar-refractivity contribution in [3.8, 4) is 0 Å². The van der Waals surface area contributed by atoms with Gasteiger partial charge >= 0.3 is 12.2 Å². The van der Waals surface area contributed by atoms with E-state index in [0.717, 1.165) is 9.80 Å². The largest absolute Gasteiger partial charge is 0.448 e. The molecule has 0 aliphatic carbocycles. The number of ether oxygens (including phenoxy) is 4. The number of hydrogen-bond acceptors (Lipinski definition) is 13. The number of aliphatic hydroxyl groups excluding tert-OH is 1. The zero-order valence-corrected chi connectivity index (χ0v) is 33.4. The number of imide groups is 2. The maximum atomic E-state index is 14.4. The van der Waals surface area contributed by atoms with Gasteiger partial charge in [0.2, 0.25) is 11.8 Å². The summed E-state index contributed by atoms with van der Waals surface area (Å²) in [7, 11) is 0. The van der Waals surface area contributed by atoms with Gasteiger partial charge in [0.05, 0.1) is 56.7 Å². The Bertz CT molecular complexity index is 1390. The van der Waals surface area contributed by atoms with Gasteiger partial charge in [-0.2, -0.15) is 0 Å². The van der Waals surface area contributed by atoms with Crippen LogP contribution in [0.1, 0.15) is 38.8 Å². The molecular formula is C41H62N6O9. The molecule has 0 bridgehead atoms. The van der Waals surface area contributed by atoms with Crippen LogP contribution in [-0.2, 0) is 41.4 Å². The highest BCUT2D eigenvalue weighted by atomic mass is 16.6. The molecule has 0 radical (unpaired) electrons. The van der Waals surface area contributed by atoms with Crippen LogP contribution in [0, 0.1) is 11.8 Å². The SMILES string of the molecule is CC(C)[C@H](N)C(=O)N(C(=O)OCCN1CCOCC1)C(Cc1ccccc1)C(O)C(Cc1ccccc1)N(C(=O)OCCN1CCOCC1)C(=O)[C@@H](N)C(C)C. The molecule has 2 heterocycles. The van der Waals surface area contributed by atoms with Gasteiger partial charge < -0.3 is 35.5 Å². The lowest BCUT2D eigenvalue weighted by Gasteiger charge is -2.41. The molecule has 4 rings (SSSR count). The standard InChI is InChI=1S/C41H62N6O9/c1-29(2)35(42)38(49)46(40(51)55-25-19-44-15-21-53-22-16-44)33(27-31-11-7-5-8-12-31)37(48)34(28-32-13-9-6-10-14-32)47(39(50)36(43)30(3)4)41(52)56-26-20-45-17-23-54-24-18-45/h5-14,29-30,33-37,48H,15-28,42-43H2,1-4H3/t33?,34?,35-,36-,37?/m0/s1. The number of carbonyl (C=O) groups is 4. The van der Waals surface area contributed by atoms with Gasteiger partial charge in [0.1, 0.15) is 13.2 Å². The molecule has 15 heteroatoms. The number of aliphatic hydroxyl groups is 1. The Balaban J connectivity index is 1.79. The van der Waals surface area contributed by atoms with E-state index in [2.05, 4.69) is 9.80 Å². The Hall–Kier alpha value is -3.96. The fourth-order valence-corrected chi connectivity index (χ4v) is 6.68. The second-order valence-electron chi connectivity index (χ2n) is 15.1. The van der Waals surface area contributed by atoms with Crippen LogP contribution in [0.3, 0.4) is 0 Å². The van der Waals surface area contributed by atoms with Gasteiger partial charge in [0.25, 0.3) is 0 Å². The second kappa shape index (κ2) is 22.7. The predicted molar refractivity (Wildman–Crippen MR) is 210 cm³/mol. The summed E-state index contributed by atoms with van der Waals surface area (Å²) in [5.41, 5.74) is 14.3. The minimum absolute atomic E-state index is 0.0373. The number of amides is 4. The van der Waals surface area contributed by atoms with Gasteiger partial charge in [-0.15, -0.1) is 0 Å². The van der Waals surface area contributed by atoms with E-state index in [0.29, 0.717) is 76.8 Å². The van der Waals surface area contributed by atoms with E-state index < -0.39 is 54.3 Å². The van der Waals surface area contributed by atoms with E-state index in [1.54, 1.807) is 76.2 Å². The third kappa shape index (κ3) is 13.0. The first-order valence-electron chi connectivity index (χ1n) is 19.8. The lowest BCUT2D eigenvalue weighted by molar-refractivity contribution is -0.141. The highest BCUT2D eigenvalue weighted by Crippen LogP contribution is 2.25. The number of benzene rings is 2. The molecule has 56 heavy (non-hydrogen) atoms. The molecule has 5 N–H and O–H groups in total. The van der Waals surface area contributed by atoms with Crippen LogP contribution in [0.4, 0.5) is 9.59 Å². The van der Waals surface area contributed by atoms with Crippen LogP contribution in [-0.4, -0.2) is 158 Å². The molecular weight excluding hydrogens is 720 g/mol. The van der Waals surface area contributed by atoms with Gasteiger partial charge in [-0.1, -0.05) is 88.4 Å². The molecule has 2 aliphatic rings. The molecule has 2 saturated heterocycles. The lowest BCUT2D eigenvalue weighted by atomic mass is 9.89. The van der Waals surface area contributed by atoms with E-state index in [9.17, 15) is 24.3 Å². The van der Waals surface area contributed by atoms with Crippen molar-refractivity contribution in [2.24, 2.45) is 23.3 Å². The number of carbonyl (C=O) groups excluding carboxylic acids is 4. The maximum absolute atomic E-state index is 14.4. The first-order valence-corrected chi connectivity index (χ1v) is 19.8. The molecule has 4 atom stereocenters. The van der Waals surface area contributed by atoms with Gasteiger partial charge in [-0.25, -0.2) is 19.4 Å². The number of morpholine rings is 2. The molecule has 4 amide bonds. The third-order valence-electron chi connectivity index (χ3n) is 10.4. The molecule has 2 unspecified atom stereocenters. The summed E-state index contributed by atoms with van der Waals surface area (Å²) < 4.78 is 22.4. The Morgan fingerprint density at radius 2 is 0.982 bits per heavy atom. The van der Waals surface area contributed by atoms with E-state index in [-0.39, 0.29) is 37.9 Å². The Labute approximate surface area is 331 Å². The Kier molecular flexibility index (Phi) is 18.1. The van der Waals surface area contributed by atoms with Crippen LogP contribution >= 0.6 is 0 Å². The minimum atomic E-state index is -1.72. The van der Waals surface area contributed by atoms with Gasteiger partial charge in [0.15, 0.2) is 0 Å². The lowest BCUT2D eigenvalue weighted by Crippen LogP contribution is -2.64. The van der Waals surface area contributed by atoms with Crippen LogP contribution in [0.15, 0.2) is 60.7 Å². The fraction of sp³-hybridized carbons (Fsp3) is 0.610. The van der Waals surface area contributed by atoms with E-state index in [4.69, 9.17) is 30.4 Å². The summed E-state index contributed by atoms with van der Waals surface area (Å²) >= 11 is 0. The van der Waals surface area contributed by atoms with Crippen molar-refractivity contribution in [1.82, 2.24) is 19.6 Å². The normalized spacial score (nSPS) is 18.1. The maximum Gasteiger partial charge on any atom is 0.416 e. The first kappa shape index (κ1) is 44.8. The van der Waals surface area contributed by atoms with Crippen molar-refractivity contribution in [3.63, 3.8) is 0 Å². The summed E-state index contributed by atoms with van der Waals surface area (Å²) in [6, 6.07) is 13.1.